The highest BCUT2D eigenvalue weighted by molar-refractivity contribution is 9.09. The average Bonchev–Trinajstić information content (AvgIpc) is 2.31. The maximum absolute atomic E-state index is 12.3. The highest BCUT2D eigenvalue weighted by atomic mass is 79.9. The zero-order valence-corrected chi connectivity index (χ0v) is 11.9. The van der Waals surface area contributed by atoms with E-state index < -0.39 is 13.0 Å². The van der Waals surface area contributed by atoms with Crippen LogP contribution in [0.3, 0.4) is 0 Å². The van der Waals surface area contributed by atoms with E-state index in [2.05, 4.69) is 15.9 Å². The van der Waals surface area contributed by atoms with Crippen LogP contribution in [0.2, 0.25) is 5.02 Å². The van der Waals surface area contributed by atoms with Gasteiger partial charge in [-0.05, 0) is 17.7 Å². The van der Waals surface area contributed by atoms with Gasteiger partial charge in [-0.25, -0.2) is 8.78 Å². The molecule has 0 bridgehead atoms. The number of carbonyl (C=O) groups is 1. The second-order valence-electron chi connectivity index (χ2n) is 3.72. The van der Waals surface area contributed by atoms with Crippen LogP contribution in [0.4, 0.5) is 8.78 Å². The van der Waals surface area contributed by atoms with E-state index in [0.29, 0.717) is 10.4 Å². The van der Waals surface area contributed by atoms with E-state index in [-0.39, 0.29) is 18.9 Å². The van der Waals surface area contributed by atoms with Gasteiger partial charge in [-0.1, -0.05) is 39.7 Å². The summed E-state index contributed by atoms with van der Waals surface area (Å²) < 4.78 is 24.7. The molecular weight excluding hydrogens is 327 g/mol. The number of benzene rings is 1. The Morgan fingerprint density at radius 3 is 2.44 bits per heavy atom. The molecule has 6 heteroatoms. The van der Waals surface area contributed by atoms with Crippen molar-refractivity contribution in [3.8, 4) is 0 Å². The normalized spacial score (nSPS) is 10.7. The summed E-state index contributed by atoms with van der Waals surface area (Å²) in [6.07, 6.45) is -2.41. The van der Waals surface area contributed by atoms with Crippen molar-refractivity contribution in [2.75, 3.05) is 18.4 Å². The third-order valence-electron chi connectivity index (χ3n) is 2.33. The van der Waals surface area contributed by atoms with Crippen LogP contribution in [0, 0.1) is 0 Å². The fraction of sp³-hybridized carbons (Fsp3) is 0.417. The molecule has 0 radical (unpaired) electrons. The van der Waals surface area contributed by atoms with Gasteiger partial charge in [0.2, 0.25) is 5.91 Å². The van der Waals surface area contributed by atoms with Gasteiger partial charge in [0.25, 0.3) is 6.43 Å². The van der Waals surface area contributed by atoms with Crippen molar-refractivity contribution < 1.29 is 13.6 Å². The first-order valence-electron chi connectivity index (χ1n) is 5.39. The highest BCUT2D eigenvalue weighted by Gasteiger charge is 2.17. The van der Waals surface area contributed by atoms with E-state index in [4.69, 9.17) is 11.6 Å². The lowest BCUT2D eigenvalue weighted by Crippen LogP contribution is -2.37. The van der Waals surface area contributed by atoms with E-state index in [1.54, 1.807) is 24.3 Å². The van der Waals surface area contributed by atoms with Crippen molar-refractivity contribution in [1.29, 1.82) is 0 Å². The van der Waals surface area contributed by atoms with Crippen LogP contribution in [0.5, 0.6) is 0 Å². The predicted octanol–water partition coefficient (Wildman–Crippen LogP) is 3.37. The third kappa shape index (κ3) is 5.31. The Hall–Kier alpha value is -0.680. The number of rotatable bonds is 6. The van der Waals surface area contributed by atoms with Crippen molar-refractivity contribution in [2.45, 2.75) is 12.8 Å². The molecule has 0 aliphatic heterocycles. The van der Waals surface area contributed by atoms with Gasteiger partial charge in [0.05, 0.1) is 13.0 Å². The smallest absolute Gasteiger partial charge is 0.255 e. The molecular formula is C12H13BrClF2NO. The summed E-state index contributed by atoms with van der Waals surface area (Å²) in [5.74, 6) is -0.308. The Bertz CT molecular complexity index is 386. The molecule has 0 spiro atoms. The third-order valence-corrected chi connectivity index (χ3v) is 2.94. The maximum atomic E-state index is 12.3. The fourth-order valence-corrected chi connectivity index (χ4v) is 2.03. The van der Waals surface area contributed by atoms with Crippen LogP contribution in [-0.4, -0.2) is 35.7 Å². The topological polar surface area (TPSA) is 20.3 Å². The molecule has 0 heterocycles. The molecule has 0 saturated carbocycles. The van der Waals surface area contributed by atoms with E-state index in [1.807, 2.05) is 0 Å². The van der Waals surface area contributed by atoms with Crippen LogP contribution in [0.1, 0.15) is 5.56 Å². The molecule has 1 aromatic rings. The molecule has 2 nitrogen and oxygen atoms in total. The van der Waals surface area contributed by atoms with Crippen LogP contribution in [0.25, 0.3) is 0 Å². The molecule has 0 unspecified atom stereocenters. The van der Waals surface area contributed by atoms with Crippen LogP contribution in [0.15, 0.2) is 24.3 Å². The van der Waals surface area contributed by atoms with Gasteiger partial charge >= 0.3 is 0 Å². The number of alkyl halides is 3. The quantitative estimate of drug-likeness (QED) is 0.727. The van der Waals surface area contributed by atoms with Crippen molar-refractivity contribution in [3.05, 3.63) is 34.9 Å². The highest BCUT2D eigenvalue weighted by Crippen LogP contribution is 2.11. The predicted molar refractivity (Wildman–Crippen MR) is 71.5 cm³/mol. The minimum absolute atomic E-state index is 0.108. The van der Waals surface area contributed by atoms with Crippen molar-refractivity contribution in [3.63, 3.8) is 0 Å². The van der Waals surface area contributed by atoms with Crippen LogP contribution in [-0.2, 0) is 11.2 Å². The number of carbonyl (C=O) groups excluding carboxylic acids is 1. The standard InChI is InChI=1S/C12H13BrClF2NO/c13-5-6-17(8-11(15)16)12(18)7-9-1-3-10(14)4-2-9/h1-4,11H,5-8H2. The summed E-state index contributed by atoms with van der Waals surface area (Å²) in [5, 5.41) is 1.06. The van der Waals surface area contributed by atoms with Gasteiger partial charge in [0, 0.05) is 16.9 Å². The lowest BCUT2D eigenvalue weighted by molar-refractivity contribution is -0.132. The summed E-state index contributed by atoms with van der Waals surface area (Å²) in [7, 11) is 0. The van der Waals surface area contributed by atoms with Crippen LogP contribution >= 0.6 is 27.5 Å². The first-order chi connectivity index (χ1) is 8.52. The van der Waals surface area contributed by atoms with E-state index in [1.165, 1.54) is 0 Å². The Morgan fingerprint density at radius 2 is 1.94 bits per heavy atom. The molecule has 0 aliphatic rings. The molecule has 1 amide bonds. The summed E-state index contributed by atoms with van der Waals surface area (Å²) in [6, 6.07) is 6.78. The maximum Gasteiger partial charge on any atom is 0.255 e. The molecule has 0 N–H and O–H groups in total. The van der Waals surface area contributed by atoms with E-state index >= 15 is 0 Å². The monoisotopic (exact) mass is 339 g/mol. The first-order valence-corrected chi connectivity index (χ1v) is 6.89. The number of hydrogen-bond donors (Lipinski definition) is 0. The van der Waals surface area contributed by atoms with Gasteiger partial charge in [-0.2, -0.15) is 0 Å². The van der Waals surface area contributed by atoms with Gasteiger partial charge in [-0.15, -0.1) is 0 Å². The molecule has 1 aromatic carbocycles. The Morgan fingerprint density at radius 1 is 1.33 bits per heavy atom. The molecule has 0 saturated heterocycles. The lowest BCUT2D eigenvalue weighted by atomic mass is 10.1. The number of halogens is 4. The van der Waals surface area contributed by atoms with E-state index in [9.17, 15) is 13.6 Å². The number of hydrogen-bond acceptors (Lipinski definition) is 1. The van der Waals surface area contributed by atoms with Crippen molar-refractivity contribution in [1.82, 2.24) is 4.90 Å². The van der Waals surface area contributed by atoms with Crippen LogP contribution < -0.4 is 0 Å². The fourth-order valence-electron chi connectivity index (χ4n) is 1.48. The van der Waals surface area contributed by atoms with Gasteiger partial charge in [0.1, 0.15) is 0 Å². The van der Waals surface area contributed by atoms with E-state index in [0.717, 1.165) is 10.5 Å². The second-order valence-corrected chi connectivity index (χ2v) is 4.95. The van der Waals surface area contributed by atoms with Gasteiger partial charge < -0.3 is 4.90 Å². The molecule has 0 atom stereocenters. The Labute approximate surface area is 118 Å². The minimum Gasteiger partial charge on any atom is -0.336 e. The van der Waals surface area contributed by atoms with Gasteiger partial charge in [-0.3, -0.25) is 4.79 Å². The van der Waals surface area contributed by atoms with Crippen molar-refractivity contribution >= 4 is 33.4 Å². The SMILES string of the molecule is O=C(Cc1ccc(Cl)cc1)N(CCBr)CC(F)F. The zero-order valence-electron chi connectivity index (χ0n) is 9.58. The number of amides is 1. The molecule has 0 aliphatic carbocycles. The second kappa shape index (κ2) is 7.69. The molecule has 100 valence electrons. The molecule has 1 rings (SSSR count). The zero-order chi connectivity index (χ0) is 13.5. The summed E-state index contributed by atoms with van der Waals surface area (Å²) in [6.45, 7) is -0.255. The largest absolute Gasteiger partial charge is 0.336 e. The Kier molecular flexibility index (Phi) is 6.57. The number of nitrogens with zero attached hydrogens (tertiary/aromatic N) is 1. The molecule has 18 heavy (non-hydrogen) atoms. The van der Waals surface area contributed by atoms with Gasteiger partial charge in [0.15, 0.2) is 0 Å². The lowest BCUT2D eigenvalue weighted by Gasteiger charge is -2.21. The molecule has 0 aromatic heterocycles. The molecule has 0 fully saturated rings. The Balaban J connectivity index is 2.63. The summed E-state index contributed by atoms with van der Waals surface area (Å²) in [4.78, 5) is 13.0. The van der Waals surface area contributed by atoms with Crippen molar-refractivity contribution in [2.24, 2.45) is 0 Å². The average molecular weight is 341 g/mol. The first kappa shape index (κ1) is 15.4. The summed E-state index contributed by atoms with van der Waals surface area (Å²) >= 11 is 8.88. The summed E-state index contributed by atoms with van der Waals surface area (Å²) in [5.41, 5.74) is 0.762. The minimum atomic E-state index is -2.52.